The number of para-hydroxylation sites is 1. The first-order valence-corrected chi connectivity index (χ1v) is 7.66. The molecule has 0 unspecified atom stereocenters. The minimum atomic E-state index is -0.655. The van der Waals surface area contributed by atoms with Gasteiger partial charge >= 0.3 is 5.76 Å². The Labute approximate surface area is 140 Å². The Kier molecular flexibility index (Phi) is 3.60. The standard InChI is InChI=1S/C16H13FN6O2/c1-2-22-11-6-3-5-10(17)13(11)20-12(22)9-23-15(21-25-16(23)24)14-18-7-4-8-19-14/h3-8H,2,9H2,1H3. The second-order valence-corrected chi connectivity index (χ2v) is 5.31. The summed E-state index contributed by atoms with van der Waals surface area (Å²) in [5.41, 5.74) is 0.931. The zero-order chi connectivity index (χ0) is 17.4. The van der Waals surface area contributed by atoms with E-state index in [1.54, 1.807) is 30.6 Å². The molecule has 126 valence electrons. The van der Waals surface area contributed by atoms with Gasteiger partial charge in [-0.2, -0.15) is 0 Å². The molecule has 0 saturated carbocycles. The van der Waals surface area contributed by atoms with E-state index in [1.165, 1.54) is 10.6 Å². The molecule has 0 radical (unpaired) electrons. The van der Waals surface area contributed by atoms with Crippen molar-refractivity contribution in [2.75, 3.05) is 0 Å². The van der Waals surface area contributed by atoms with Crippen LogP contribution in [0.3, 0.4) is 0 Å². The molecule has 4 rings (SSSR count). The fraction of sp³-hybridized carbons (Fsp3) is 0.188. The quantitative estimate of drug-likeness (QED) is 0.563. The number of hydrogen-bond acceptors (Lipinski definition) is 6. The van der Waals surface area contributed by atoms with Gasteiger partial charge in [0.1, 0.15) is 11.3 Å². The van der Waals surface area contributed by atoms with Crippen LogP contribution in [0.25, 0.3) is 22.7 Å². The molecule has 1 aromatic carbocycles. The van der Waals surface area contributed by atoms with Crippen LogP contribution in [-0.2, 0) is 13.1 Å². The van der Waals surface area contributed by atoms with Crippen molar-refractivity contribution in [3.8, 4) is 11.6 Å². The molecule has 0 saturated heterocycles. The third-order valence-electron chi connectivity index (χ3n) is 3.88. The van der Waals surface area contributed by atoms with Gasteiger partial charge in [-0.05, 0) is 25.1 Å². The van der Waals surface area contributed by atoms with Gasteiger partial charge < -0.3 is 4.57 Å². The van der Waals surface area contributed by atoms with Gasteiger partial charge in [0, 0.05) is 18.9 Å². The SMILES string of the molecule is CCn1c(Cn2c(-c3ncccn3)noc2=O)nc2c(F)cccc21. The minimum Gasteiger partial charge on any atom is -0.327 e. The van der Waals surface area contributed by atoms with Crippen LogP contribution >= 0.6 is 0 Å². The highest BCUT2D eigenvalue weighted by Gasteiger charge is 2.19. The van der Waals surface area contributed by atoms with Crippen LogP contribution < -0.4 is 5.76 Å². The van der Waals surface area contributed by atoms with Crippen LogP contribution in [0, 0.1) is 5.82 Å². The third-order valence-corrected chi connectivity index (χ3v) is 3.88. The molecular formula is C16H13FN6O2. The van der Waals surface area contributed by atoms with Crippen molar-refractivity contribution < 1.29 is 8.91 Å². The van der Waals surface area contributed by atoms with Crippen molar-refractivity contribution >= 4 is 11.0 Å². The number of aromatic nitrogens is 6. The highest BCUT2D eigenvalue weighted by molar-refractivity contribution is 5.76. The van der Waals surface area contributed by atoms with E-state index in [4.69, 9.17) is 4.52 Å². The highest BCUT2D eigenvalue weighted by atomic mass is 19.1. The van der Waals surface area contributed by atoms with Crippen molar-refractivity contribution in [3.05, 3.63) is 58.9 Å². The van der Waals surface area contributed by atoms with Gasteiger partial charge in [0.15, 0.2) is 11.6 Å². The molecule has 8 nitrogen and oxygen atoms in total. The van der Waals surface area contributed by atoms with Gasteiger partial charge in [-0.1, -0.05) is 11.2 Å². The van der Waals surface area contributed by atoms with E-state index >= 15 is 0 Å². The third kappa shape index (κ3) is 2.49. The first kappa shape index (κ1) is 15.2. The lowest BCUT2D eigenvalue weighted by molar-refractivity contribution is 0.377. The summed E-state index contributed by atoms with van der Waals surface area (Å²) in [7, 11) is 0. The molecule has 0 aliphatic carbocycles. The summed E-state index contributed by atoms with van der Waals surface area (Å²) >= 11 is 0. The normalized spacial score (nSPS) is 11.3. The van der Waals surface area contributed by atoms with E-state index in [-0.39, 0.29) is 23.7 Å². The lowest BCUT2D eigenvalue weighted by Crippen LogP contribution is -2.19. The summed E-state index contributed by atoms with van der Waals surface area (Å²) in [6.45, 7) is 2.57. The molecule has 0 atom stereocenters. The second-order valence-electron chi connectivity index (χ2n) is 5.31. The van der Waals surface area contributed by atoms with E-state index in [1.807, 2.05) is 11.5 Å². The Balaban J connectivity index is 1.85. The maximum atomic E-state index is 14.0. The number of rotatable bonds is 4. The average Bonchev–Trinajstić information content (AvgIpc) is 3.17. The van der Waals surface area contributed by atoms with E-state index in [0.717, 1.165) is 0 Å². The average molecular weight is 340 g/mol. The maximum absolute atomic E-state index is 14.0. The Morgan fingerprint density at radius 1 is 1.16 bits per heavy atom. The zero-order valence-electron chi connectivity index (χ0n) is 13.3. The molecule has 3 aromatic heterocycles. The lowest BCUT2D eigenvalue weighted by atomic mass is 10.3. The van der Waals surface area contributed by atoms with Gasteiger partial charge in [0.25, 0.3) is 0 Å². The van der Waals surface area contributed by atoms with Crippen LogP contribution in [0.1, 0.15) is 12.7 Å². The molecule has 0 bridgehead atoms. The van der Waals surface area contributed by atoms with Crippen LogP contribution in [0.4, 0.5) is 4.39 Å². The molecule has 3 heterocycles. The first-order valence-electron chi connectivity index (χ1n) is 7.66. The van der Waals surface area contributed by atoms with Crippen LogP contribution in [0.2, 0.25) is 0 Å². The Bertz CT molecular complexity index is 1100. The van der Waals surface area contributed by atoms with Crippen molar-refractivity contribution in [1.29, 1.82) is 0 Å². The molecule has 0 aliphatic rings. The molecule has 0 fully saturated rings. The van der Waals surface area contributed by atoms with Gasteiger partial charge in [-0.3, -0.25) is 4.52 Å². The second kappa shape index (κ2) is 5.93. The monoisotopic (exact) mass is 340 g/mol. The summed E-state index contributed by atoms with van der Waals surface area (Å²) in [4.78, 5) is 24.6. The molecule has 25 heavy (non-hydrogen) atoms. The number of benzene rings is 1. The van der Waals surface area contributed by atoms with Crippen molar-refractivity contribution in [2.45, 2.75) is 20.0 Å². The summed E-state index contributed by atoms with van der Waals surface area (Å²) in [5.74, 6) is -0.0857. The molecule has 0 aliphatic heterocycles. The number of imidazole rings is 1. The van der Waals surface area contributed by atoms with Gasteiger partial charge in [0.05, 0.1) is 12.1 Å². The molecular weight excluding hydrogens is 327 g/mol. The molecule has 0 amide bonds. The van der Waals surface area contributed by atoms with Gasteiger partial charge in [-0.15, -0.1) is 0 Å². The summed E-state index contributed by atoms with van der Waals surface area (Å²) in [5, 5.41) is 3.75. The van der Waals surface area contributed by atoms with Crippen LogP contribution in [0.15, 0.2) is 46.0 Å². The fourth-order valence-corrected chi connectivity index (χ4v) is 2.76. The van der Waals surface area contributed by atoms with Crippen molar-refractivity contribution in [1.82, 2.24) is 29.2 Å². The number of halogens is 1. The van der Waals surface area contributed by atoms with Crippen molar-refractivity contribution in [2.24, 2.45) is 0 Å². The molecule has 9 heteroatoms. The zero-order valence-corrected chi connectivity index (χ0v) is 13.3. The maximum Gasteiger partial charge on any atom is 0.442 e. The predicted molar refractivity (Wildman–Crippen MR) is 86.3 cm³/mol. The topological polar surface area (TPSA) is 91.6 Å². The van der Waals surface area contributed by atoms with Crippen LogP contribution in [-0.4, -0.2) is 29.2 Å². The Morgan fingerprint density at radius 3 is 2.72 bits per heavy atom. The number of fused-ring (bicyclic) bond motifs is 1. The minimum absolute atomic E-state index is 0.0673. The summed E-state index contributed by atoms with van der Waals surface area (Å²) in [6.07, 6.45) is 3.09. The predicted octanol–water partition coefficient (Wildman–Crippen LogP) is 1.85. The number of hydrogen-bond donors (Lipinski definition) is 0. The van der Waals surface area contributed by atoms with E-state index in [9.17, 15) is 9.18 Å². The molecule has 0 N–H and O–H groups in total. The van der Waals surface area contributed by atoms with Gasteiger partial charge in [0.2, 0.25) is 5.82 Å². The fourth-order valence-electron chi connectivity index (χ4n) is 2.76. The molecule has 0 spiro atoms. The van der Waals surface area contributed by atoms with E-state index in [2.05, 4.69) is 20.1 Å². The Morgan fingerprint density at radius 2 is 1.96 bits per heavy atom. The Hall–Kier alpha value is -3.36. The molecule has 4 aromatic rings. The number of aryl methyl sites for hydroxylation is 1. The highest BCUT2D eigenvalue weighted by Crippen LogP contribution is 2.20. The lowest BCUT2D eigenvalue weighted by Gasteiger charge is -2.07. The van der Waals surface area contributed by atoms with E-state index < -0.39 is 11.6 Å². The summed E-state index contributed by atoms with van der Waals surface area (Å²) in [6, 6.07) is 6.43. The van der Waals surface area contributed by atoms with Crippen LogP contribution in [0.5, 0.6) is 0 Å². The van der Waals surface area contributed by atoms with E-state index in [0.29, 0.717) is 17.9 Å². The van der Waals surface area contributed by atoms with Gasteiger partial charge in [-0.25, -0.2) is 28.7 Å². The smallest absolute Gasteiger partial charge is 0.327 e. The number of nitrogens with zero attached hydrogens (tertiary/aromatic N) is 6. The first-order chi connectivity index (χ1) is 12.2. The summed E-state index contributed by atoms with van der Waals surface area (Å²) < 4.78 is 21.9. The van der Waals surface area contributed by atoms with Crippen molar-refractivity contribution in [3.63, 3.8) is 0 Å². The largest absolute Gasteiger partial charge is 0.442 e.